The van der Waals surface area contributed by atoms with E-state index >= 15 is 0 Å². The Labute approximate surface area is 174 Å². The molecule has 0 radical (unpaired) electrons. The van der Waals surface area contributed by atoms with Crippen molar-refractivity contribution in [1.82, 2.24) is 20.5 Å². The predicted molar refractivity (Wildman–Crippen MR) is 117 cm³/mol. The van der Waals surface area contributed by atoms with E-state index in [0.29, 0.717) is 6.54 Å². The maximum atomic E-state index is 12.6. The van der Waals surface area contributed by atoms with Crippen LogP contribution >= 0.6 is 24.0 Å². The molecule has 1 amide bonds. The Balaban J connectivity index is 0.00000338. The summed E-state index contributed by atoms with van der Waals surface area (Å²) >= 11 is 0. The van der Waals surface area contributed by atoms with Crippen molar-refractivity contribution in [3.05, 3.63) is 30.1 Å². The summed E-state index contributed by atoms with van der Waals surface area (Å²) in [6.45, 7) is 4.15. The highest BCUT2D eigenvalue weighted by Crippen LogP contribution is 2.39. The largest absolute Gasteiger partial charge is 0.357 e. The minimum absolute atomic E-state index is 0. The van der Waals surface area contributed by atoms with E-state index in [0.717, 1.165) is 56.8 Å². The van der Waals surface area contributed by atoms with Crippen LogP contribution in [0.5, 0.6) is 0 Å². The smallest absolute Gasteiger partial charge is 0.230 e. The van der Waals surface area contributed by atoms with E-state index in [1.54, 1.807) is 4.90 Å². The lowest BCUT2D eigenvalue weighted by atomic mass is 9.85. The molecule has 0 aliphatic heterocycles. The minimum Gasteiger partial charge on any atom is -0.357 e. The number of nitrogens with one attached hydrogen (secondary N) is 2. The Morgan fingerprint density at radius 1 is 1.27 bits per heavy atom. The van der Waals surface area contributed by atoms with E-state index in [9.17, 15) is 4.79 Å². The molecule has 0 bridgehead atoms. The fourth-order valence-electron chi connectivity index (χ4n) is 3.39. The molecule has 1 aromatic heterocycles. The van der Waals surface area contributed by atoms with E-state index in [4.69, 9.17) is 4.99 Å². The molecule has 0 unspecified atom stereocenters. The summed E-state index contributed by atoms with van der Waals surface area (Å²) in [6.07, 6.45) is 6.73. The average Bonchev–Trinajstić information content (AvgIpc) is 3.10. The molecule has 0 spiro atoms. The number of rotatable bonds is 7. The number of hydrogen-bond acceptors (Lipinski definition) is 3. The summed E-state index contributed by atoms with van der Waals surface area (Å²) in [5.41, 5.74) is 0.730. The van der Waals surface area contributed by atoms with E-state index < -0.39 is 0 Å². The summed E-state index contributed by atoms with van der Waals surface area (Å²) in [5, 5.41) is 6.62. The third kappa shape index (κ3) is 6.41. The number of pyridine rings is 1. The molecule has 6 nitrogen and oxygen atoms in total. The highest BCUT2D eigenvalue weighted by atomic mass is 127. The van der Waals surface area contributed by atoms with E-state index in [-0.39, 0.29) is 35.3 Å². The first-order valence-corrected chi connectivity index (χ1v) is 9.21. The van der Waals surface area contributed by atoms with E-state index in [1.165, 1.54) is 0 Å². The van der Waals surface area contributed by atoms with Gasteiger partial charge in [-0.3, -0.25) is 14.8 Å². The second-order valence-electron chi connectivity index (χ2n) is 6.88. The topological polar surface area (TPSA) is 69.6 Å². The molecule has 1 heterocycles. The quantitative estimate of drug-likeness (QED) is 0.363. The van der Waals surface area contributed by atoms with Crippen molar-refractivity contribution in [2.24, 2.45) is 10.4 Å². The van der Waals surface area contributed by atoms with Gasteiger partial charge in [0.05, 0.1) is 12.0 Å². The van der Waals surface area contributed by atoms with Gasteiger partial charge in [-0.05, 0) is 31.9 Å². The van der Waals surface area contributed by atoms with Crippen LogP contribution in [-0.2, 0) is 11.2 Å². The van der Waals surface area contributed by atoms with Gasteiger partial charge < -0.3 is 15.5 Å². The Hall–Kier alpha value is -1.38. The number of nitrogens with zero attached hydrogens (tertiary/aromatic N) is 3. The average molecular weight is 473 g/mol. The number of hydrogen-bond donors (Lipinski definition) is 2. The third-order valence-corrected chi connectivity index (χ3v) is 4.70. The van der Waals surface area contributed by atoms with Crippen molar-refractivity contribution in [3.8, 4) is 0 Å². The molecule has 1 saturated carbocycles. The lowest BCUT2D eigenvalue weighted by molar-refractivity contribution is -0.138. The number of aromatic nitrogens is 1. The third-order valence-electron chi connectivity index (χ3n) is 4.70. The molecule has 0 aromatic carbocycles. The van der Waals surface area contributed by atoms with Gasteiger partial charge >= 0.3 is 0 Å². The lowest BCUT2D eigenvalue weighted by Gasteiger charge is -2.29. The second-order valence-corrected chi connectivity index (χ2v) is 6.88. The number of carbonyl (C=O) groups is 1. The highest BCUT2D eigenvalue weighted by Gasteiger charge is 2.41. The predicted octanol–water partition coefficient (Wildman–Crippen LogP) is 2.45. The van der Waals surface area contributed by atoms with E-state index in [2.05, 4.69) is 15.6 Å². The van der Waals surface area contributed by atoms with Crippen LogP contribution in [0.3, 0.4) is 0 Å². The molecule has 7 heteroatoms. The van der Waals surface area contributed by atoms with Gasteiger partial charge in [0, 0.05) is 45.5 Å². The Kier molecular flexibility index (Phi) is 9.90. The number of amides is 1. The summed E-state index contributed by atoms with van der Waals surface area (Å²) in [4.78, 5) is 23.4. The van der Waals surface area contributed by atoms with Gasteiger partial charge in [-0.1, -0.05) is 18.9 Å². The second kappa shape index (κ2) is 11.4. The highest BCUT2D eigenvalue weighted by molar-refractivity contribution is 14.0. The number of aliphatic imine (C=N–C) groups is 1. The number of carbonyl (C=O) groups excluding carboxylic acids is 1. The summed E-state index contributed by atoms with van der Waals surface area (Å²) in [6, 6.07) is 5.94. The monoisotopic (exact) mass is 473 g/mol. The van der Waals surface area contributed by atoms with Crippen molar-refractivity contribution in [2.45, 2.75) is 39.0 Å². The number of halogens is 1. The van der Waals surface area contributed by atoms with Crippen molar-refractivity contribution >= 4 is 35.8 Å². The van der Waals surface area contributed by atoms with Crippen LogP contribution in [0.25, 0.3) is 0 Å². The lowest BCUT2D eigenvalue weighted by Crippen LogP contribution is -2.43. The summed E-state index contributed by atoms with van der Waals surface area (Å²) in [5.74, 6) is 0.981. The maximum absolute atomic E-state index is 12.6. The zero-order chi connectivity index (χ0) is 18.1. The van der Waals surface area contributed by atoms with Crippen LogP contribution in [0.15, 0.2) is 29.4 Å². The fourth-order valence-corrected chi connectivity index (χ4v) is 3.39. The first-order valence-electron chi connectivity index (χ1n) is 9.21. The molecular formula is C19H32IN5O. The van der Waals surface area contributed by atoms with Crippen LogP contribution in [-0.4, -0.2) is 55.5 Å². The maximum Gasteiger partial charge on any atom is 0.230 e. The minimum atomic E-state index is -0.327. The van der Waals surface area contributed by atoms with E-state index in [1.807, 2.05) is 45.4 Å². The van der Waals surface area contributed by atoms with Crippen LogP contribution < -0.4 is 10.6 Å². The molecule has 1 aliphatic rings. The molecular weight excluding hydrogens is 441 g/mol. The fraction of sp³-hybridized carbons (Fsp3) is 0.632. The zero-order valence-corrected chi connectivity index (χ0v) is 18.5. The summed E-state index contributed by atoms with van der Waals surface area (Å²) < 4.78 is 0. The van der Waals surface area contributed by atoms with Gasteiger partial charge in [0.1, 0.15) is 0 Å². The van der Waals surface area contributed by atoms with Gasteiger partial charge in [-0.25, -0.2) is 0 Å². The standard InChI is InChI=1S/C19H31N5O.HI/c1-4-20-18(22-14-10-16-9-5-8-13-21-16)23-15-19(11-6-7-12-19)17(25)24(2)3;/h5,8-9,13H,4,6-7,10-12,14-15H2,1-3H3,(H2,20,22,23);1H. The van der Waals surface area contributed by atoms with Gasteiger partial charge in [0.2, 0.25) is 5.91 Å². The van der Waals surface area contributed by atoms with Crippen molar-refractivity contribution in [2.75, 3.05) is 33.7 Å². The van der Waals surface area contributed by atoms with Crippen molar-refractivity contribution < 1.29 is 4.79 Å². The van der Waals surface area contributed by atoms with Crippen LogP contribution in [0.4, 0.5) is 0 Å². The SMILES string of the molecule is CCNC(=NCC1(C(=O)N(C)C)CCCC1)NCCc1ccccn1.I. The van der Waals surface area contributed by atoms with Gasteiger partial charge in [0.25, 0.3) is 0 Å². The Morgan fingerprint density at radius 3 is 2.58 bits per heavy atom. The molecule has 0 atom stereocenters. The van der Waals surface area contributed by atoms with Gasteiger partial charge in [0.15, 0.2) is 5.96 Å². The first-order chi connectivity index (χ1) is 12.1. The van der Waals surface area contributed by atoms with Crippen molar-refractivity contribution in [3.63, 3.8) is 0 Å². The Morgan fingerprint density at radius 2 is 2.00 bits per heavy atom. The first kappa shape index (κ1) is 22.7. The molecule has 0 saturated heterocycles. The van der Waals surface area contributed by atoms with Crippen LogP contribution in [0.2, 0.25) is 0 Å². The molecule has 1 fully saturated rings. The van der Waals surface area contributed by atoms with Gasteiger partial charge in [-0.2, -0.15) is 0 Å². The molecule has 2 N–H and O–H groups in total. The molecule has 2 rings (SSSR count). The molecule has 1 aromatic rings. The van der Waals surface area contributed by atoms with Gasteiger partial charge in [-0.15, -0.1) is 24.0 Å². The van der Waals surface area contributed by atoms with Crippen LogP contribution in [0.1, 0.15) is 38.3 Å². The van der Waals surface area contributed by atoms with Crippen molar-refractivity contribution in [1.29, 1.82) is 0 Å². The van der Waals surface area contributed by atoms with Crippen LogP contribution in [0, 0.1) is 5.41 Å². The molecule has 26 heavy (non-hydrogen) atoms. The summed E-state index contributed by atoms with van der Waals surface area (Å²) in [7, 11) is 3.67. The Bertz CT molecular complexity index is 571. The molecule has 1 aliphatic carbocycles. The molecule has 146 valence electrons. The normalized spacial score (nSPS) is 15.9. The zero-order valence-electron chi connectivity index (χ0n) is 16.1. The number of guanidine groups is 1.